The summed E-state index contributed by atoms with van der Waals surface area (Å²) < 4.78 is 5.65. The highest BCUT2D eigenvalue weighted by molar-refractivity contribution is 5.88. The largest absolute Gasteiger partial charge is 0.410 e. The Balaban J connectivity index is 1.67. The van der Waals surface area contributed by atoms with Crippen molar-refractivity contribution in [2.45, 2.75) is 6.92 Å². The highest BCUT2D eigenvalue weighted by Crippen LogP contribution is 2.19. The molecule has 0 spiro atoms. The van der Waals surface area contributed by atoms with E-state index in [2.05, 4.69) is 40.2 Å². The summed E-state index contributed by atoms with van der Waals surface area (Å²) in [5, 5.41) is 10.4. The molecule has 0 unspecified atom stereocenters. The van der Waals surface area contributed by atoms with E-state index in [4.69, 9.17) is 4.42 Å². The number of aromatic nitrogens is 2. The highest BCUT2D eigenvalue weighted by Gasteiger charge is 2.06. The second-order valence-corrected chi connectivity index (χ2v) is 5.56. The fourth-order valence-electron chi connectivity index (χ4n) is 2.54. The second-order valence-electron chi connectivity index (χ2n) is 5.56. The molecule has 3 nitrogen and oxygen atoms in total. The van der Waals surface area contributed by atoms with Crippen LogP contribution < -0.4 is 0 Å². The van der Waals surface area contributed by atoms with Crippen LogP contribution in [0.15, 0.2) is 71.1 Å². The van der Waals surface area contributed by atoms with E-state index in [0.717, 1.165) is 21.9 Å². The van der Waals surface area contributed by atoms with Crippen LogP contribution in [0.1, 0.15) is 17.0 Å². The summed E-state index contributed by atoms with van der Waals surface area (Å²) in [7, 11) is 0. The Kier molecular flexibility index (Phi) is 3.57. The number of hydrogen-bond acceptors (Lipinski definition) is 3. The third kappa shape index (κ3) is 2.78. The van der Waals surface area contributed by atoms with Crippen molar-refractivity contribution in [3.05, 3.63) is 83.7 Å². The molecule has 0 aliphatic carbocycles. The Labute approximate surface area is 140 Å². The van der Waals surface area contributed by atoms with Gasteiger partial charge in [-0.25, -0.2) is 0 Å². The van der Waals surface area contributed by atoms with E-state index in [1.807, 2.05) is 55.5 Å². The van der Waals surface area contributed by atoms with E-state index in [9.17, 15) is 0 Å². The second kappa shape index (κ2) is 6.02. The van der Waals surface area contributed by atoms with Gasteiger partial charge < -0.3 is 4.42 Å². The summed E-state index contributed by atoms with van der Waals surface area (Å²) in [4.78, 5) is 0. The quantitative estimate of drug-likeness (QED) is 0.482. The number of benzene rings is 3. The Bertz CT molecular complexity index is 1060. The van der Waals surface area contributed by atoms with Gasteiger partial charge in [0.05, 0.1) is 0 Å². The standard InChI is InChI=1S/C21H14N2O/c1-15-9-11-18(12-10-15)21-23-22-20(24-21)14-13-17-7-4-6-16-5-2-3-8-19(16)17/h2-12H,1H3. The van der Waals surface area contributed by atoms with Crippen LogP contribution in [0, 0.1) is 18.8 Å². The van der Waals surface area contributed by atoms with E-state index < -0.39 is 0 Å². The molecular weight excluding hydrogens is 296 g/mol. The van der Waals surface area contributed by atoms with Gasteiger partial charge in [-0.2, -0.15) is 0 Å². The fraction of sp³-hybridized carbons (Fsp3) is 0.0476. The Hall–Kier alpha value is -3.38. The summed E-state index contributed by atoms with van der Waals surface area (Å²) in [6.07, 6.45) is 0. The van der Waals surface area contributed by atoms with Crippen molar-refractivity contribution < 1.29 is 4.42 Å². The zero-order valence-electron chi connectivity index (χ0n) is 13.2. The predicted octanol–water partition coefficient (Wildman–Crippen LogP) is 4.60. The van der Waals surface area contributed by atoms with Gasteiger partial charge in [0.2, 0.25) is 5.89 Å². The third-order valence-electron chi connectivity index (χ3n) is 3.82. The smallest absolute Gasteiger partial charge is 0.294 e. The van der Waals surface area contributed by atoms with Gasteiger partial charge in [0, 0.05) is 11.1 Å². The summed E-state index contributed by atoms with van der Waals surface area (Å²) in [5.41, 5.74) is 3.03. The first-order valence-electron chi connectivity index (χ1n) is 7.70. The molecule has 0 aliphatic rings. The van der Waals surface area contributed by atoms with Crippen LogP contribution in [-0.4, -0.2) is 10.2 Å². The molecule has 0 aliphatic heterocycles. The van der Waals surface area contributed by atoms with Crippen molar-refractivity contribution in [2.24, 2.45) is 0 Å². The van der Waals surface area contributed by atoms with Gasteiger partial charge in [-0.05, 0) is 41.8 Å². The monoisotopic (exact) mass is 310 g/mol. The third-order valence-corrected chi connectivity index (χ3v) is 3.82. The molecule has 0 fully saturated rings. The van der Waals surface area contributed by atoms with Crippen LogP contribution in [0.25, 0.3) is 22.2 Å². The van der Waals surface area contributed by atoms with Gasteiger partial charge in [-0.15, -0.1) is 5.10 Å². The van der Waals surface area contributed by atoms with Crippen molar-refractivity contribution in [1.82, 2.24) is 10.2 Å². The van der Waals surface area contributed by atoms with Gasteiger partial charge in [-0.3, -0.25) is 0 Å². The molecule has 4 rings (SSSR count). The molecule has 24 heavy (non-hydrogen) atoms. The number of rotatable bonds is 1. The number of hydrogen-bond donors (Lipinski definition) is 0. The molecule has 3 heteroatoms. The van der Waals surface area contributed by atoms with Crippen LogP contribution >= 0.6 is 0 Å². The molecule has 3 aromatic carbocycles. The molecule has 0 N–H and O–H groups in total. The fourth-order valence-corrected chi connectivity index (χ4v) is 2.54. The maximum atomic E-state index is 5.65. The summed E-state index contributed by atoms with van der Waals surface area (Å²) >= 11 is 0. The molecule has 0 radical (unpaired) electrons. The van der Waals surface area contributed by atoms with Crippen molar-refractivity contribution in [3.8, 4) is 23.3 Å². The Morgan fingerprint density at radius 3 is 2.46 bits per heavy atom. The Morgan fingerprint density at radius 1 is 0.792 bits per heavy atom. The highest BCUT2D eigenvalue weighted by atomic mass is 16.4. The molecule has 0 saturated carbocycles. The van der Waals surface area contributed by atoms with Crippen LogP contribution in [0.4, 0.5) is 0 Å². The van der Waals surface area contributed by atoms with Crippen molar-refractivity contribution in [1.29, 1.82) is 0 Å². The zero-order chi connectivity index (χ0) is 16.4. The lowest BCUT2D eigenvalue weighted by Gasteiger charge is -1.98. The van der Waals surface area contributed by atoms with E-state index in [-0.39, 0.29) is 0 Å². The van der Waals surface area contributed by atoms with Crippen molar-refractivity contribution in [3.63, 3.8) is 0 Å². The first-order valence-corrected chi connectivity index (χ1v) is 7.70. The molecule has 4 aromatic rings. The van der Waals surface area contributed by atoms with Crippen LogP contribution in [-0.2, 0) is 0 Å². The molecule has 0 amide bonds. The average Bonchev–Trinajstić information content (AvgIpc) is 3.09. The van der Waals surface area contributed by atoms with Gasteiger partial charge >= 0.3 is 0 Å². The number of fused-ring (bicyclic) bond motifs is 1. The number of aryl methyl sites for hydroxylation is 1. The minimum Gasteiger partial charge on any atom is -0.410 e. The molecular formula is C21H14N2O. The molecule has 1 aromatic heterocycles. The van der Waals surface area contributed by atoms with Crippen LogP contribution in [0.5, 0.6) is 0 Å². The lowest BCUT2D eigenvalue weighted by atomic mass is 10.1. The maximum absolute atomic E-state index is 5.65. The van der Waals surface area contributed by atoms with Crippen molar-refractivity contribution >= 4 is 10.8 Å². The summed E-state index contributed by atoms with van der Waals surface area (Å²) in [6.45, 7) is 2.04. The van der Waals surface area contributed by atoms with Gasteiger partial charge in [0.1, 0.15) is 0 Å². The molecule has 114 valence electrons. The van der Waals surface area contributed by atoms with Gasteiger partial charge in [0.15, 0.2) is 0 Å². The lowest BCUT2D eigenvalue weighted by Crippen LogP contribution is -1.80. The summed E-state index contributed by atoms with van der Waals surface area (Å²) in [5.74, 6) is 6.90. The lowest BCUT2D eigenvalue weighted by molar-refractivity contribution is 0.555. The van der Waals surface area contributed by atoms with Gasteiger partial charge in [0.25, 0.3) is 5.89 Å². The van der Waals surface area contributed by atoms with Crippen LogP contribution in [0.3, 0.4) is 0 Å². The predicted molar refractivity (Wildman–Crippen MR) is 94.4 cm³/mol. The molecule has 0 bridgehead atoms. The van der Waals surface area contributed by atoms with Crippen LogP contribution in [0.2, 0.25) is 0 Å². The SMILES string of the molecule is Cc1ccc(-c2nnc(C#Cc3cccc4ccccc34)o2)cc1. The normalized spacial score (nSPS) is 10.4. The minimum atomic E-state index is 0.318. The average molecular weight is 310 g/mol. The van der Waals surface area contributed by atoms with Gasteiger partial charge in [-0.1, -0.05) is 65.1 Å². The van der Waals surface area contributed by atoms with E-state index >= 15 is 0 Å². The van der Waals surface area contributed by atoms with E-state index in [1.165, 1.54) is 5.56 Å². The number of nitrogens with zero attached hydrogens (tertiary/aromatic N) is 2. The van der Waals surface area contributed by atoms with E-state index in [1.54, 1.807) is 0 Å². The van der Waals surface area contributed by atoms with Crippen molar-refractivity contribution in [2.75, 3.05) is 0 Å². The minimum absolute atomic E-state index is 0.318. The summed E-state index contributed by atoms with van der Waals surface area (Å²) in [6, 6.07) is 22.2. The zero-order valence-corrected chi connectivity index (χ0v) is 13.2. The molecule has 0 atom stereocenters. The first-order chi connectivity index (χ1) is 11.8. The first kappa shape index (κ1) is 14.2. The Morgan fingerprint density at radius 2 is 1.58 bits per heavy atom. The van der Waals surface area contributed by atoms with E-state index in [0.29, 0.717) is 11.8 Å². The topological polar surface area (TPSA) is 38.9 Å². The molecule has 0 saturated heterocycles. The molecule has 1 heterocycles. The maximum Gasteiger partial charge on any atom is 0.294 e.